The Kier molecular flexibility index (Phi) is 4.63. The quantitative estimate of drug-likeness (QED) is 0.748. The van der Waals surface area contributed by atoms with Gasteiger partial charge in [-0.15, -0.1) is 0 Å². The molecular weight excluding hydrogens is 186 g/mol. The summed E-state index contributed by atoms with van der Waals surface area (Å²) in [5, 5.41) is 3.44. The molecule has 0 spiro atoms. The topological polar surface area (TPSA) is 21.3 Å². The van der Waals surface area contributed by atoms with Gasteiger partial charge in [-0.05, 0) is 30.9 Å². The SMILES string of the molecule is CCc1cccc(C)c1NC(CC)OC. The number of nitrogens with one attached hydrogen (secondary N) is 1. The zero-order valence-electron chi connectivity index (χ0n) is 10.1. The van der Waals surface area contributed by atoms with Crippen LogP contribution in [-0.2, 0) is 11.2 Å². The molecule has 1 rings (SSSR count). The lowest BCUT2D eigenvalue weighted by molar-refractivity contribution is 0.122. The minimum absolute atomic E-state index is 0.108. The average molecular weight is 207 g/mol. The molecule has 1 unspecified atom stereocenters. The van der Waals surface area contributed by atoms with Gasteiger partial charge in [-0.25, -0.2) is 0 Å². The summed E-state index contributed by atoms with van der Waals surface area (Å²) in [6, 6.07) is 6.40. The van der Waals surface area contributed by atoms with E-state index in [1.165, 1.54) is 16.8 Å². The molecule has 0 heterocycles. The highest BCUT2D eigenvalue weighted by atomic mass is 16.5. The van der Waals surface area contributed by atoms with Gasteiger partial charge in [0.25, 0.3) is 0 Å². The van der Waals surface area contributed by atoms with Crippen LogP contribution in [0.15, 0.2) is 18.2 Å². The molecule has 0 amide bonds. The molecule has 15 heavy (non-hydrogen) atoms. The zero-order valence-corrected chi connectivity index (χ0v) is 10.1. The van der Waals surface area contributed by atoms with E-state index >= 15 is 0 Å². The number of aryl methyl sites for hydroxylation is 2. The Bertz CT molecular complexity index is 305. The summed E-state index contributed by atoms with van der Waals surface area (Å²) < 4.78 is 5.35. The fourth-order valence-corrected chi connectivity index (χ4v) is 1.72. The van der Waals surface area contributed by atoms with Crippen LogP contribution in [0, 0.1) is 6.92 Å². The number of rotatable bonds is 5. The molecule has 1 N–H and O–H groups in total. The van der Waals surface area contributed by atoms with Crippen molar-refractivity contribution in [2.45, 2.75) is 39.8 Å². The molecule has 0 fully saturated rings. The largest absolute Gasteiger partial charge is 0.362 e. The number of hydrogen-bond acceptors (Lipinski definition) is 2. The van der Waals surface area contributed by atoms with Crippen molar-refractivity contribution in [3.05, 3.63) is 29.3 Å². The predicted octanol–water partition coefficient (Wildman–Crippen LogP) is 3.35. The van der Waals surface area contributed by atoms with Gasteiger partial charge in [-0.3, -0.25) is 0 Å². The van der Waals surface area contributed by atoms with E-state index in [9.17, 15) is 0 Å². The van der Waals surface area contributed by atoms with E-state index < -0.39 is 0 Å². The van der Waals surface area contributed by atoms with Crippen molar-refractivity contribution in [2.24, 2.45) is 0 Å². The van der Waals surface area contributed by atoms with Gasteiger partial charge in [-0.2, -0.15) is 0 Å². The van der Waals surface area contributed by atoms with Gasteiger partial charge < -0.3 is 10.1 Å². The first-order valence-corrected chi connectivity index (χ1v) is 5.60. The normalized spacial score (nSPS) is 12.5. The van der Waals surface area contributed by atoms with Crippen LogP contribution >= 0.6 is 0 Å². The number of hydrogen-bond donors (Lipinski definition) is 1. The van der Waals surface area contributed by atoms with E-state index in [1.54, 1.807) is 7.11 Å². The van der Waals surface area contributed by atoms with E-state index in [0.717, 1.165) is 12.8 Å². The first-order valence-electron chi connectivity index (χ1n) is 5.60. The lowest BCUT2D eigenvalue weighted by atomic mass is 10.1. The van der Waals surface area contributed by atoms with E-state index in [-0.39, 0.29) is 6.23 Å². The standard InChI is InChI=1S/C13H21NO/c1-5-11-9-7-8-10(3)13(11)14-12(6-2)15-4/h7-9,12,14H,5-6H2,1-4H3. The Morgan fingerprint density at radius 3 is 2.60 bits per heavy atom. The first-order chi connectivity index (χ1) is 7.22. The van der Waals surface area contributed by atoms with Crippen molar-refractivity contribution >= 4 is 5.69 Å². The fourth-order valence-electron chi connectivity index (χ4n) is 1.72. The lowest BCUT2D eigenvalue weighted by Crippen LogP contribution is -2.21. The van der Waals surface area contributed by atoms with Crippen molar-refractivity contribution < 1.29 is 4.74 Å². The maximum absolute atomic E-state index is 5.35. The molecule has 0 aliphatic carbocycles. The monoisotopic (exact) mass is 207 g/mol. The Morgan fingerprint density at radius 1 is 1.33 bits per heavy atom. The molecule has 1 aromatic rings. The third-order valence-electron chi connectivity index (χ3n) is 2.70. The molecule has 1 aromatic carbocycles. The highest BCUT2D eigenvalue weighted by molar-refractivity contribution is 5.57. The van der Waals surface area contributed by atoms with Gasteiger partial charge in [0.05, 0.1) is 0 Å². The molecule has 0 aliphatic rings. The number of ether oxygens (including phenoxy) is 1. The summed E-state index contributed by atoms with van der Waals surface area (Å²) in [7, 11) is 1.74. The minimum atomic E-state index is 0.108. The predicted molar refractivity (Wildman–Crippen MR) is 65.3 cm³/mol. The molecule has 84 valence electrons. The Balaban J connectivity index is 2.91. The van der Waals surface area contributed by atoms with Gasteiger partial charge in [0.15, 0.2) is 0 Å². The fraction of sp³-hybridized carbons (Fsp3) is 0.538. The second-order valence-corrected chi connectivity index (χ2v) is 3.74. The summed E-state index contributed by atoms with van der Waals surface area (Å²) in [5.41, 5.74) is 3.86. The van der Waals surface area contributed by atoms with Gasteiger partial charge >= 0.3 is 0 Å². The zero-order chi connectivity index (χ0) is 11.3. The molecular formula is C13H21NO. The van der Waals surface area contributed by atoms with Crippen molar-refractivity contribution in [3.63, 3.8) is 0 Å². The summed E-state index contributed by atoms with van der Waals surface area (Å²) in [5.74, 6) is 0. The summed E-state index contributed by atoms with van der Waals surface area (Å²) >= 11 is 0. The molecule has 0 saturated carbocycles. The number of methoxy groups -OCH3 is 1. The van der Waals surface area contributed by atoms with Crippen LogP contribution in [-0.4, -0.2) is 13.3 Å². The van der Waals surface area contributed by atoms with Crippen LogP contribution in [0.4, 0.5) is 5.69 Å². The number of para-hydroxylation sites is 1. The molecule has 2 nitrogen and oxygen atoms in total. The molecule has 0 radical (unpaired) electrons. The molecule has 0 aliphatic heterocycles. The molecule has 2 heteroatoms. The second-order valence-electron chi connectivity index (χ2n) is 3.74. The Morgan fingerprint density at radius 2 is 2.07 bits per heavy atom. The van der Waals surface area contributed by atoms with E-state index in [4.69, 9.17) is 4.74 Å². The van der Waals surface area contributed by atoms with Gasteiger partial charge in [0, 0.05) is 12.8 Å². The van der Waals surface area contributed by atoms with Crippen LogP contribution in [0.1, 0.15) is 31.4 Å². The number of benzene rings is 1. The third kappa shape index (κ3) is 2.96. The van der Waals surface area contributed by atoms with Crippen LogP contribution in [0.2, 0.25) is 0 Å². The summed E-state index contributed by atoms with van der Waals surface area (Å²) in [6.07, 6.45) is 2.12. The summed E-state index contributed by atoms with van der Waals surface area (Å²) in [4.78, 5) is 0. The maximum atomic E-state index is 5.35. The summed E-state index contributed by atoms with van der Waals surface area (Å²) in [6.45, 7) is 6.42. The van der Waals surface area contributed by atoms with Crippen molar-refractivity contribution in [1.29, 1.82) is 0 Å². The molecule has 0 aromatic heterocycles. The smallest absolute Gasteiger partial charge is 0.127 e. The maximum Gasteiger partial charge on any atom is 0.127 e. The number of anilines is 1. The van der Waals surface area contributed by atoms with Crippen molar-refractivity contribution in [3.8, 4) is 0 Å². The van der Waals surface area contributed by atoms with Crippen LogP contribution < -0.4 is 5.32 Å². The highest BCUT2D eigenvalue weighted by Gasteiger charge is 2.08. The molecule has 1 atom stereocenters. The van der Waals surface area contributed by atoms with Gasteiger partial charge in [0.2, 0.25) is 0 Å². The van der Waals surface area contributed by atoms with Crippen LogP contribution in [0.5, 0.6) is 0 Å². The van der Waals surface area contributed by atoms with E-state index in [2.05, 4.69) is 44.3 Å². The van der Waals surface area contributed by atoms with Crippen LogP contribution in [0.25, 0.3) is 0 Å². The van der Waals surface area contributed by atoms with E-state index in [1.807, 2.05) is 0 Å². The van der Waals surface area contributed by atoms with Crippen molar-refractivity contribution in [1.82, 2.24) is 0 Å². The lowest BCUT2D eigenvalue weighted by Gasteiger charge is -2.20. The van der Waals surface area contributed by atoms with Gasteiger partial charge in [0.1, 0.15) is 6.23 Å². The van der Waals surface area contributed by atoms with Crippen LogP contribution in [0.3, 0.4) is 0 Å². The van der Waals surface area contributed by atoms with E-state index in [0.29, 0.717) is 0 Å². The minimum Gasteiger partial charge on any atom is -0.362 e. The Hall–Kier alpha value is -1.02. The Labute approximate surface area is 92.6 Å². The first kappa shape index (κ1) is 12.1. The highest BCUT2D eigenvalue weighted by Crippen LogP contribution is 2.22. The molecule has 0 bridgehead atoms. The van der Waals surface area contributed by atoms with Gasteiger partial charge in [-0.1, -0.05) is 32.0 Å². The van der Waals surface area contributed by atoms with Crippen molar-refractivity contribution in [2.75, 3.05) is 12.4 Å². The third-order valence-corrected chi connectivity index (χ3v) is 2.70. The molecule has 0 saturated heterocycles. The average Bonchev–Trinajstić information content (AvgIpc) is 2.27. The second kappa shape index (κ2) is 5.76.